The summed E-state index contributed by atoms with van der Waals surface area (Å²) in [6, 6.07) is 7.35. The number of aryl methyl sites for hydroxylation is 2. The van der Waals surface area contributed by atoms with E-state index in [2.05, 4.69) is 17.3 Å². The summed E-state index contributed by atoms with van der Waals surface area (Å²) in [6.07, 6.45) is 0. The van der Waals surface area contributed by atoms with Crippen molar-refractivity contribution in [2.45, 2.75) is 45.2 Å². The van der Waals surface area contributed by atoms with Crippen LogP contribution in [0.5, 0.6) is 0 Å². The molecule has 1 atom stereocenters. The van der Waals surface area contributed by atoms with Crippen molar-refractivity contribution in [1.82, 2.24) is 15.1 Å². The minimum Gasteiger partial charge on any atom is -0.396 e. The van der Waals surface area contributed by atoms with Gasteiger partial charge in [0.2, 0.25) is 0 Å². The van der Waals surface area contributed by atoms with Gasteiger partial charge in [0.1, 0.15) is 0 Å². The van der Waals surface area contributed by atoms with Gasteiger partial charge in [-0.25, -0.2) is 0 Å². The summed E-state index contributed by atoms with van der Waals surface area (Å²) in [7, 11) is 0. The van der Waals surface area contributed by atoms with E-state index in [9.17, 15) is 4.79 Å². The summed E-state index contributed by atoms with van der Waals surface area (Å²) in [5.74, 6) is 0.562. The van der Waals surface area contributed by atoms with Gasteiger partial charge in [-0.05, 0) is 52.0 Å². The average molecular weight is 347 g/mol. The summed E-state index contributed by atoms with van der Waals surface area (Å²) in [4.78, 5) is 13.5. The number of carbonyl (C=O) groups excluding carboxylic acids is 1. The molecule has 24 heavy (non-hydrogen) atoms. The maximum absolute atomic E-state index is 12.5. The van der Waals surface area contributed by atoms with Crippen LogP contribution in [0.4, 0.5) is 0 Å². The molecule has 6 heteroatoms. The molecule has 1 amide bonds. The van der Waals surface area contributed by atoms with Crippen LogP contribution in [0.3, 0.4) is 0 Å². The molecule has 2 aromatic rings. The minimum atomic E-state index is -0.0961. The van der Waals surface area contributed by atoms with Gasteiger partial charge >= 0.3 is 0 Å². The number of aliphatic hydroxyl groups excluding tert-OH is 1. The summed E-state index contributed by atoms with van der Waals surface area (Å²) in [6.45, 7) is 9.02. The molecule has 0 saturated heterocycles. The Morgan fingerprint density at radius 3 is 2.54 bits per heavy atom. The molecule has 0 radical (unpaired) electrons. The standard InChI is InChI=1S/C18H25N3O2S/c1-5-21-14(4)17(13(3)20-21)12(2)19-18(23)15-6-8-16(9-7-15)24-11-10-22/h6-9,12,22H,5,10-11H2,1-4H3,(H,19,23). The smallest absolute Gasteiger partial charge is 0.251 e. The minimum absolute atomic E-state index is 0.0933. The van der Waals surface area contributed by atoms with Gasteiger partial charge < -0.3 is 10.4 Å². The third-order valence-electron chi connectivity index (χ3n) is 3.99. The Morgan fingerprint density at radius 2 is 2.00 bits per heavy atom. The van der Waals surface area contributed by atoms with E-state index in [-0.39, 0.29) is 18.6 Å². The van der Waals surface area contributed by atoms with Crippen molar-refractivity contribution in [1.29, 1.82) is 0 Å². The fourth-order valence-electron chi connectivity index (χ4n) is 2.86. The van der Waals surface area contributed by atoms with Crippen LogP contribution in [0.25, 0.3) is 0 Å². The topological polar surface area (TPSA) is 67.2 Å². The molecular weight excluding hydrogens is 322 g/mol. The molecule has 0 saturated carbocycles. The summed E-state index contributed by atoms with van der Waals surface area (Å²) in [5, 5.41) is 16.4. The number of carbonyl (C=O) groups is 1. The second-order valence-corrected chi connectivity index (χ2v) is 6.86. The number of thioether (sulfide) groups is 1. The summed E-state index contributed by atoms with van der Waals surface area (Å²) >= 11 is 1.57. The number of hydrogen-bond donors (Lipinski definition) is 2. The molecule has 1 unspecified atom stereocenters. The van der Waals surface area contributed by atoms with E-state index in [4.69, 9.17) is 5.11 Å². The quantitative estimate of drug-likeness (QED) is 0.755. The van der Waals surface area contributed by atoms with Crippen molar-refractivity contribution in [3.8, 4) is 0 Å². The lowest BCUT2D eigenvalue weighted by molar-refractivity contribution is 0.0939. The second-order valence-electron chi connectivity index (χ2n) is 5.69. The fraction of sp³-hybridized carbons (Fsp3) is 0.444. The average Bonchev–Trinajstić information content (AvgIpc) is 2.87. The number of aromatic nitrogens is 2. The Labute approximate surface area is 147 Å². The Balaban J connectivity index is 2.07. The first-order chi connectivity index (χ1) is 11.5. The third-order valence-corrected chi connectivity index (χ3v) is 4.99. The van der Waals surface area contributed by atoms with Crippen LogP contribution in [0.15, 0.2) is 29.2 Å². The highest BCUT2D eigenvalue weighted by atomic mass is 32.2. The van der Waals surface area contributed by atoms with Crippen LogP contribution in [-0.2, 0) is 6.54 Å². The molecule has 0 spiro atoms. The van der Waals surface area contributed by atoms with Crippen molar-refractivity contribution in [3.05, 3.63) is 46.8 Å². The molecule has 0 bridgehead atoms. The summed E-state index contributed by atoms with van der Waals surface area (Å²) in [5.41, 5.74) is 3.77. The van der Waals surface area contributed by atoms with E-state index >= 15 is 0 Å². The van der Waals surface area contributed by atoms with Gasteiger partial charge in [0, 0.05) is 34.0 Å². The van der Waals surface area contributed by atoms with Gasteiger partial charge in [-0.1, -0.05) is 0 Å². The van der Waals surface area contributed by atoms with Gasteiger partial charge in [0.25, 0.3) is 5.91 Å². The molecule has 2 N–H and O–H groups in total. The van der Waals surface area contributed by atoms with Crippen molar-refractivity contribution < 1.29 is 9.90 Å². The van der Waals surface area contributed by atoms with Crippen LogP contribution < -0.4 is 5.32 Å². The molecule has 0 fully saturated rings. The Hall–Kier alpha value is -1.79. The zero-order chi connectivity index (χ0) is 17.7. The van der Waals surface area contributed by atoms with Crippen LogP contribution in [-0.4, -0.2) is 33.2 Å². The zero-order valence-corrected chi connectivity index (χ0v) is 15.5. The molecule has 2 rings (SSSR count). The first-order valence-electron chi connectivity index (χ1n) is 8.16. The number of nitrogens with zero attached hydrogens (tertiary/aromatic N) is 2. The SMILES string of the molecule is CCn1nc(C)c(C(C)NC(=O)c2ccc(SCCO)cc2)c1C. The van der Waals surface area contributed by atoms with Crippen LogP contribution >= 0.6 is 11.8 Å². The number of hydrogen-bond acceptors (Lipinski definition) is 4. The molecule has 0 aliphatic rings. The third kappa shape index (κ3) is 4.19. The number of rotatable bonds is 7. The van der Waals surface area contributed by atoms with E-state index in [1.807, 2.05) is 49.7 Å². The summed E-state index contributed by atoms with van der Waals surface area (Å²) < 4.78 is 1.96. The fourth-order valence-corrected chi connectivity index (χ4v) is 3.52. The van der Waals surface area contributed by atoms with Gasteiger partial charge in [0.05, 0.1) is 18.3 Å². The Bertz CT molecular complexity index is 695. The van der Waals surface area contributed by atoms with Crippen molar-refractivity contribution in [3.63, 3.8) is 0 Å². The monoisotopic (exact) mass is 347 g/mol. The molecule has 0 aliphatic carbocycles. The molecule has 5 nitrogen and oxygen atoms in total. The van der Waals surface area contributed by atoms with Crippen molar-refractivity contribution in [2.75, 3.05) is 12.4 Å². The molecular formula is C18H25N3O2S. The van der Waals surface area contributed by atoms with Crippen molar-refractivity contribution >= 4 is 17.7 Å². The lowest BCUT2D eigenvalue weighted by Crippen LogP contribution is -2.27. The molecule has 0 aliphatic heterocycles. The highest BCUT2D eigenvalue weighted by Gasteiger charge is 2.19. The van der Waals surface area contributed by atoms with E-state index in [1.54, 1.807) is 11.8 Å². The van der Waals surface area contributed by atoms with Crippen LogP contribution in [0.2, 0.25) is 0 Å². The predicted octanol–water partition coefficient (Wildman–Crippen LogP) is 3.10. The number of amides is 1. The Morgan fingerprint density at radius 1 is 1.33 bits per heavy atom. The van der Waals surface area contributed by atoms with Gasteiger partial charge in [-0.3, -0.25) is 9.48 Å². The van der Waals surface area contributed by atoms with E-state index < -0.39 is 0 Å². The maximum atomic E-state index is 12.5. The number of aliphatic hydroxyl groups is 1. The van der Waals surface area contributed by atoms with E-state index in [0.717, 1.165) is 28.4 Å². The normalized spacial score (nSPS) is 12.2. The Kier molecular flexibility index (Phi) is 6.45. The van der Waals surface area contributed by atoms with Crippen LogP contribution in [0.1, 0.15) is 47.2 Å². The molecule has 1 aromatic carbocycles. The molecule has 1 aromatic heterocycles. The number of nitrogens with one attached hydrogen (secondary N) is 1. The molecule has 1 heterocycles. The van der Waals surface area contributed by atoms with Crippen LogP contribution in [0, 0.1) is 13.8 Å². The van der Waals surface area contributed by atoms with Gasteiger partial charge in [-0.15, -0.1) is 11.8 Å². The predicted molar refractivity (Wildman–Crippen MR) is 97.5 cm³/mol. The molecule has 130 valence electrons. The highest BCUT2D eigenvalue weighted by Crippen LogP contribution is 2.22. The van der Waals surface area contributed by atoms with E-state index in [1.165, 1.54) is 0 Å². The van der Waals surface area contributed by atoms with Gasteiger partial charge in [-0.2, -0.15) is 5.10 Å². The zero-order valence-electron chi connectivity index (χ0n) is 14.7. The first-order valence-corrected chi connectivity index (χ1v) is 9.15. The van der Waals surface area contributed by atoms with E-state index in [0.29, 0.717) is 11.3 Å². The largest absolute Gasteiger partial charge is 0.396 e. The first kappa shape index (κ1) is 18.5. The number of benzene rings is 1. The lowest BCUT2D eigenvalue weighted by Gasteiger charge is -2.15. The van der Waals surface area contributed by atoms with Crippen molar-refractivity contribution in [2.24, 2.45) is 0 Å². The lowest BCUT2D eigenvalue weighted by atomic mass is 10.1. The highest BCUT2D eigenvalue weighted by molar-refractivity contribution is 7.99. The second kappa shape index (κ2) is 8.35. The van der Waals surface area contributed by atoms with Gasteiger partial charge in [0.15, 0.2) is 0 Å². The maximum Gasteiger partial charge on any atom is 0.251 e.